The van der Waals surface area contributed by atoms with E-state index in [9.17, 15) is 9.59 Å². The third-order valence-electron chi connectivity index (χ3n) is 3.07. The predicted molar refractivity (Wildman–Crippen MR) is 89.5 cm³/mol. The monoisotopic (exact) mass is 335 g/mol. The molecular formula is C15H21N5O2S. The minimum absolute atomic E-state index is 0.0512. The number of aromatic amines is 1. The molecule has 0 bridgehead atoms. The molecule has 0 aliphatic rings. The molecule has 0 radical (unpaired) electrons. The van der Waals surface area contributed by atoms with Crippen LogP contribution in [0.15, 0.2) is 17.1 Å². The lowest BCUT2D eigenvalue weighted by molar-refractivity contribution is 0.240. The Kier molecular flexibility index (Phi) is 5.15. The molecule has 0 aromatic carbocycles. The number of aromatic nitrogens is 3. The van der Waals surface area contributed by atoms with Crippen molar-refractivity contribution in [2.24, 2.45) is 0 Å². The Morgan fingerprint density at radius 2 is 1.96 bits per heavy atom. The van der Waals surface area contributed by atoms with Crippen LogP contribution in [0.1, 0.15) is 41.9 Å². The van der Waals surface area contributed by atoms with Crippen LogP contribution in [-0.4, -0.2) is 21.2 Å². The Bertz CT molecular complexity index is 745. The summed E-state index contributed by atoms with van der Waals surface area (Å²) in [4.78, 5) is 26.1. The molecule has 2 rings (SSSR count). The van der Waals surface area contributed by atoms with E-state index in [2.05, 4.69) is 46.6 Å². The van der Waals surface area contributed by atoms with E-state index in [0.717, 1.165) is 15.6 Å². The van der Waals surface area contributed by atoms with Crippen molar-refractivity contribution in [3.05, 3.63) is 43.8 Å². The lowest BCUT2D eigenvalue weighted by atomic mass is 9.98. The van der Waals surface area contributed by atoms with Crippen molar-refractivity contribution in [2.45, 2.75) is 46.2 Å². The van der Waals surface area contributed by atoms with E-state index in [-0.39, 0.29) is 23.6 Å². The van der Waals surface area contributed by atoms with Crippen molar-refractivity contribution in [1.29, 1.82) is 0 Å². The molecule has 2 heterocycles. The molecule has 2 aromatic heterocycles. The van der Waals surface area contributed by atoms with E-state index in [0.29, 0.717) is 12.1 Å². The number of nitrogens with one attached hydrogen (secondary N) is 3. The highest BCUT2D eigenvalue weighted by atomic mass is 32.1. The minimum atomic E-state index is -0.349. The predicted octanol–water partition coefficient (Wildman–Crippen LogP) is 1.83. The number of urea groups is 1. The van der Waals surface area contributed by atoms with Gasteiger partial charge in [-0.3, -0.25) is 4.79 Å². The highest BCUT2D eigenvalue weighted by molar-refractivity contribution is 7.11. The fourth-order valence-corrected chi connectivity index (χ4v) is 2.64. The quantitative estimate of drug-likeness (QED) is 0.793. The number of pyridine rings is 1. The summed E-state index contributed by atoms with van der Waals surface area (Å²) in [5, 5.41) is 15.3. The lowest BCUT2D eigenvalue weighted by Crippen LogP contribution is -2.35. The number of rotatable bonds is 4. The molecule has 0 aliphatic heterocycles. The van der Waals surface area contributed by atoms with Gasteiger partial charge in [-0.15, -0.1) is 10.2 Å². The average molecular weight is 335 g/mol. The first-order valence-corrected chi connectivity index (χ1v) is 8.10. The van der Waals surface area contributed by atoms with Crippen LogP contribution in [0.5, 0.6) is 0 Å². The second-order valence-corrected chi connectivity index (χ2v) is 7.38. The van der Waals surface area contributed by atoms with Gasteiger partial charge in [-0.2, -0.15) is 0 Å². The van der Waals surface area contributed by atoms with Crippen LogP contribution < -0.4 is 16.2 Å². The van der Waals surface area contributed by atoms with Crippen LogP contribution in [0.25, 0.3) is 0 Å². The van der Waals surface area contributed by atoms with Gasteiger partial charge in [0.2, 0.25) is 0 Å². The van der Waals surface area contributed by atoms with Crippen LogP contribution in [0.3, 0.4) is 0 Å². The number of carbonyl (C=O) groups excluding carboxylic acids is 1. The fraction of sp³-hybridized carbons (Fsp3) is 0.467. The van der Waals surface area contributed by atoms with Gasteiger partial charge >= 0.3 is 6.03 Å². The molecule has 0 unspecified atom stereocenters. The molecular weight excluding hydrogens is 314 g/mol. The van der Waals surface area contributed by atoms with Gasteiger partial charge in [-0.1, -0.05) is 32.1 Å². The van der Waals surface area contributed by atoms with Crippen molar-refractivity contribution < 1.29 is 4.79 Å². The second kappa shape index (κ2) is 6.91. The molecule has 2 amide bonds. The van der Waals surface area contributed by atoms with Gasteiger partial charge in [-0.05, 0) is 18.6 Å². The second-order valence-electron chi connectivity index (χ2n) is 6.32. The number of amides is 2. The standard InChI is InChI=1S/C15H21N5O2S/c1-9-5-10(12(21)16-6-9)7-17-14(22)18-8-11-19-20-13(23-11)15(2,3)4/h5-6H,7-8H2,1-4H3,(H,16,21)(H2,17,18,22). The van der Waals surface area contributed by atoms with Gasteiger partial charge in [0.25, 0.3) is 5.56 Å². The molecule has 124 valence electrons. The van der Waals surface area contributed by atoms with E-state index in [4.69, 9.17) is 0 Å². The molecule has 2 aromatic rings. The summed E-state index contributed by atoms with van der Waals surface area (Å²) in [5.41, 5.74) is 1.20. The van der Waals surface area contributed by atoms with Gasteiger partial charge in [-0.25, -0.2) is 4.79 Å². The summed E-state index contributed by atoms with van der Waals surface area (Å²) in [6.07, 6.45) is 1.63. The van der Waals surface area contributed by atoms with Crippen LogP contribution in [-0.2, 0) is 18.5 Å². The molecule has 7 nitrogen and oxygen atoms in total. The molecule has 3 N–H and O–H groups in total. The van der Waals surface area contributed by atoms with Crippen molar-refractivity contribution in [3.8, 4) is 0 Å². The van der Waals surface area contributed by atoms with Crippen molar-refractivity contribution >= 4 is 17.4 Å². The Morgan fingerprint density at radius 3 is 2.61 bits per heavy atom. The highest BCUT2D eigenvalue weighted by Crippen LogP contribution is 2.25. The van der Waals surface area contributed by atoms with Crippen LogP contribution >= 0.6 is 11.3 Å². The Balaban J connectivity index is 1.85. The third-order valence-corrected chi connectivity index (χ3v) is 4.42. The summed E-state index contributed by atoms with van der Waals surface area (Å²) in [6.45, 7) is 8.56. The summed E-state index contributed by atoms with van der Waals surface area (Å²) in [5.74, 6) is 0. The number of hydrogen-bond acceptors (Lipinski definition) is 5. The maximum Gasteiger partial charge on any atom is 0.315 e. The summed E-state index contributed by atoms with van der Waals surface area (Å²) in [7, 11) is 0. The minimum Gasteiger partial charge on any atom is -0.334 e. The molecule has 0 spiro atoms. The van der Waals surface area contributed by atoms with Crippen LogP contribution in [0.2, 0.25) is 0 Å². The van der Waals surface area contributed by atoms with Gasteiger partial charge in [0.05, 0.1) is 6.54 Å². The fourth-order valence-electron chi connectivity index (χ4n) is 1.81. The molecule has 0 atom stereocenters. The molecule has 0 fully saturated rings. The van der Waals surface area contributed by atoms with Gasteiger partial charge < -0.3 is 15.6 Å². The normalized spacial score (nSPS) is 11.3. The van der Waals surface area contributed by atoms with Crippen molar-refractivity contribution in [1.82, 2.24) is 25.8 Å². The largest absolute Gasteiger partial charge is 0.334 e. The number of aryl methyl sites for hydroxylation is 1. The van der Waals surface area contributed by atoms with E-state index in [1.54, 1.807) is 12.3 Å². The van der Waals surface area contributed by atoms with E-state index < -0.39 is 0 Å². The summed E-state index contributed by atoms with van der Waals surface area (Å²) < 4.78 is 0. The summed E-state index contributed by atoms with van der Waals surface area (Å²) >= 11 is 1.48. The summed E-state index contributed by atoms with van der Waals surface area (Å²) in [6, 6.07) is 1.40. The first kappa shape index (κ1) is 17.1. The van der Waals surface area contributed by atoms with Gasteiger partial charge in [0.15, 0.2) is 0 Å². The first-order valence-electron chi connectivity index (χ1n) is 7.28. The number of H-pyrrole nitrogens is 1. The number of hydrogen-bond donors (Lipinski definition) is 3. The van der Waals surface area contributed by atoms with Gasteiger partial charge in [0.1, 0.15) is 10.0 Å². The lowest BCUT2D eigenvalue weighted by Gasteiger charge is -2.12. The maximum atomic E-state index is 11.8. The SMILES string of the molecule is Cc1c[nH]c(=O)c(CNC(=O)NCc2nnc(C(C)(C)C)s2)c1. The van der Waals surface area contributed by atoms with Crippen LogP contribution in [0.4, 0.5) is 4.79 Å². The molecule has 0 saturated carbocycles. The molecule has 8 heteroatoms. The first-order chi connectivity index (χ1) is 10.8. The van der Waals surface area contributed by atoms with Gasteiger partial charge in [0, 0.05) is 23.7 Å². The number of carbonyl (C=O) groups is 1. The third kappa shape index (κ3) is 4.88. The zero-order valence-corrected chi connectivity index (χ0v) is 14.5. The molecule has 23 heavy (non-hydrogen) atoms. The van der Waals surface area contributed by atoms with E-state index >= 15 is 0 Å². The maximum absolute atomic E-state index is 11.8. The number of nitrogens with zero attached hydrogens (tertiary/aromatic N) is 2. The van der Waals surface area contributed by atoms with E-state index in [1.807, 2.05) is 6.92 Å². The zero-order valence-electron chi connectivity index (χ0n) is 13.7. The molecule has 0 aliphatic carbocycles. The highest BCUT2D eigenvalue weighted by Gasteiger charge is 2.19. The van der Waals surface area contributed by atoms with Crippen LogP contribution in [0, 0.1) is 6.92 Å². The zero-order chi connectivity index (χ0) is 17.0. The topological polar surface area (TPSA) is 99.8 Å². The Morgan fingerprint density at radius 1 is 1.26 bits per heavy atom. The Hall–Kier alpha value is -2.22. The molecule has 0 saturated heterocycles. The Labute approximate surface area is 138 Å². The van der Waals surface area contributed by atoms with E-state index in [1.165, 1.54) is 11.3 Å². The average Bonchev–Trinajstić information content (AvgIpc) is 2.95. The van der Waals surface area contributed by atoms with Crippen molar-refractivity contribution in [2.75, 3.05) is 0 Å². The van der Waals surface area contributed by atoms with Crippen molar-refractivity contribution in [3.63, 3.8) is 0 Å². The smallest absolute Gasteiger partial charge is 0.315 e.